The summed E-state index contributed by atoms with van der Waals surface area (Å²) in [5.74, 6) is -0.00488. The van der Waals surface area contributed by atoms with Gasteiger partial charge in [0.15, 0.2) is 0 Å². The number of methoxy groups -OCH3 is 2. The molecule has 2 aromatic carbocycles. The molecule has 0 fully saturated rings. The van der Waals surface area contributed by atoms with E-state index < -0.39 is 10.0 Å². The Kier molecular flexibility index (Phi) is 10.2. The maximum atomic E-state index is 13.3. The number of hydrogen-bond donors (Lipinski definition) is 0. The molecule has 0 heterocycles. The minimum absolute atomic E-state index is 0.00512. The molecule has 0 aliphatic carbocycles. The van der Waals surface area contributed by atoms with E-state index in [2.05, 4.69) is 12.1 Å². The first kappa shape index (κ1) is 25.8. The molecule has 176 valence electrons. The Balaban J connectivity index is 2.28. The summed E-state index contributed by atoms with van der Waals surface area (Å²) in [4.78, 5) is 15.0. The van der Waals surface area contributed by atoms with Crippen molar-refractivity contribution in [2.75, 3.05) is 47.0 Å². The van der Waals surface area contributed by atoms with Crippen LogP contribution in [0.3, 0.4) is 0 Å². The van der Waals surface area contributed by atoms with Gasteiger partial charge in [0.2, 0.25) is 10.0 Å². The summed E-state index contributed by atoms with van der Waals surface area (Å²) in [6.45, 7) is 5.59. The number of sulfonamides is 1. The Morgan fingerprint density at radius 3 is 2.25 bits per heavy atom. The molecule has 0 aliphatic rings. The molecule has 1 amide bonds. The molecular formula is C24H34N2O5S. The Labute approximate surface area is 192 Å². The van der Waals surface area contributed by atoms with Crippen molar-refractivity contribution >= 4 is 15.9 Å². The minimum Gasteiger partial charge on any atom is -0.495 e. The van der Waals surface area contributed by atoms with Gasteiger partial charge in [-0.2, -0.15) is 4.31 Å². The lowest BCUT2D eigenvalue weighted by Crippen LogP contribution is -2.35. The van der Waals surface area contributed by atoms with Crippen LogP contribution < -0.4 is 4.74 Å². The zero-order valence-electron chi connectivity index (χ0n) is 19.4. The molecule has 32 heavy (non-hydrogen) atoms. The third kappa shape index (κ3) is 6.54. The summed E-state index contributed by atoms with van der Waals surface area (Å²) in [6.07, 6.45) is 1.64. The maximum absolute atomic E-state index is 13.3. The molecule has 0 N–H and O–H groups in total. The van der Waals surface area contributed by atoms with E-state index >= 15 is 0 Å². The molecule has 0 spiro atoms. The van der Waals surface area contributed by atoms with Gasteiger partial charge in [0.1, 0.15) is 10.6 Å². The van der Waals surface area contributed by atoms with E-state index in [1.807, 2.05) is 18.2 Å². The van der Waals surface area contributed by atoms with Crippen LogP contribution in [0.25, 0.3) is 0 Å². The van der Waals surface area contributed by atoms with Crippen LogP contribution in [0, 0.1) is 0 Å². The van der Waals surface area contributed by atoms with E-state index in [1.54, 1.807) is 38.0 Å². The molecule has 0 saturated heterocycles. The Morgan fingerprint density at radius 2 is 1.66 bits per heavy atom. The maximum Gasteiger partial charge on any atom is 0.253 e. The first-order valence-electron chi connectivity index (χ1n) is 10.9. The van der Waals surface area contributed by atoms with Crippen molar-refractivity contribution in [1.29, 1.82) is 0 Å². The summed E-state index contributed by atoms with van der Waals surface area (Å²) in [5, 5.41) is 0. The van der Waals surface area contributed by atoms with Crippen molar-refractivity contribution in [2.24, 2.45) is 0 Å². The van der Waals surface area contributed by atoms with Gasteiger partial charge in [-0.1, -0.05) is 44.2 Å². The van der Waals surface area contributed by atoms with E-state index in [4.69, 9.17) is 9.47 Å². The summed E-state index contributed by atoms with van der Waals surface area (Å²) in [6, 6.07) is 14.7. The summed E-state index contributed by atoms with van der Waals surface area (Å²) < 4.78 is 38.1. The van der Waals surface area contributed by atoms with Crippen LogP contribution in [0.4, 0.5) is 0 Å². The zero-order valence-corrected chi connectivity index (χ0v) is 20.2. The molecule has 0 atom stereocenters. The lowest BCUT2D eigenvalue weighted by atomic mass is 10.1. The van der Waals surface area contributed by atoms with Crippen molar-refractivity contribution in [3.05, 3.63) is 59.7 Å². The molecule has 0 unspecified atom stereocenters. The van der Waals surface area contributed by atoms with Gasteiger partial charge in [-0.15, -0.1) is 0 Å². The lowest BCUT2D eigenvalue weighted by Gasteiger charge is -2.24. The molecule has 0 bridgehead atoms. The monoisotopic (exact) mass is 462 g/mol. The Bertz CT molecular complexity index is 960. The number of amides is 1. The van der Waals surface area contributed by atoms with Gasteiger partial charge in [-0.25, -0.2) is 8.42 Å². The van der Waals surface area contributed by atoms with E-state index in [-0.39, 0.29) is 16.6 Å². The average molecular weight is 463 g/mol. The number of hydrogen-bond acceptors (Lipinski definition) is 5. The standard InChI is InChI=1S/C24H34N2O5S/c1-5-26(6-2)32(28,29)23-19-21(14-15-22(23)31-4)24(27)25(17-18-30-3)16-10-13-20-11-8-7-9-12-20/h7-9,11-12,14-15,19H,5-6,10,13,16-18H2,1-4H3. The third-order valence-corrected chi connectivity index (χ3v) is 7.39. The van der Waals surface area contributed by atoms with E-state index in [9.17, 15) is 13.2 Å². The van der Waals surface area contributed by atoms with Crippen LogP contribution in [-0.2, 0) is 21.2 Å². The second-order valence-corrected chi connectivity index (χ2v) is 9.24. The molecule has 0 saturated carbocycles. The quantitative estimate of drug-likeness (QED) is 0.456. The van der Waals surface area contributed by atoms with Gasteiger partial charge in [-0.3, -0.25) is 4.79 Å². The van der Waals surface area contributed by atoms with Gasteiger partial charge in [0.05, 0.1) is 13.7 Å². The summed E-state index contributed by atoms with van der Waals surface area (Å²) >= 11 is 0. The molecule has 0 radical (unpaired) electrons. The Morgan fingerprint density at radius 1 is 0.969 bits per heavy atom. The highest BCUT2D eigenvalue weighted by Gasteiger charge is 2.27. The molecule has 2 rings (SSSR count). The van der Waals surface area contributed by atoms with E-state index in [0.29, 0.717) is 38.3 Å². The average Bonchev–Trinajstić information content (AvgIpc) is 2.81. The number of aryl methyl sites for hydroxylation is 1. The number of carbonyl (C=O) groups is 1. The highest BCUT2D eigenvalue weighted by molar-refractivity contribution is 7.89. The fourth-order valence-corrected chi connectivity index (χ4v) is 5.17. The Hall–Kier alpha value is -2.42. The van der Waals surface area contributed by atoms with Crippen LogP contribution in [0.2, 0.25) is 0 Å². The predicted octanol–water partition coefficient (Wildman–Crippen LogP) is 3.45. The second-order valence-electron chi connectivity index (χ2n) is 7.33. The van der Waals surface area contributed by atoms with Crippen LogP contribution in [0.15, 0.2) is 53.4 Å². The summed E-state index contributed by atoms with van der Waals surface area (Å²) in [7, 11) is -0.767. The van der Waals surface area contributed by atoms with E-state index in [1.165, 1.54) is 23.0 Å². The van der Waals surface area contributed by atoms with E-state index in [0.717, 1.165) is 12.8 Å². The van der Waals surface area contributed by atoms with Crippen molar-refractivity contribution < 1.29 is 22.7 Å². The van der Waals surface area contributed by atoms with Gasteiger partial charge >= 0.3 is 0 Å². The first-order valence-corrected chi connectivity index (χ1v) is 12.3. The second kappa shape index (κ2) is 12.6. The normalized spacial score (nSPS) is 11.5. The SMILES string of the molecule is CCN(CC)S(=O)(=O)c1cc(C(=O)N(CCCc2ccccc2)CCOC)ccc1OC. The van der Waals surface area contributed by atoms with Crippen LogP contribution >= 0.6 is 0 Å². The highest BCUT2D eigenvalue weighted by atomic mass is 32.2. The molecule has 0 aromatic heterocycles. The number of benzene rings is 2. The van der Waals surface area contributed by atoms with Gasteiger partial charge in [-0.05, 0) is 36.6 Å². The summed E-state index contributed by atoms with van der Waals surface area (Å²) in [5.41, 5.74) is 1.52. The molecule has 2 aromatic rings. The van der Waals surface area contributed by atoms with Crippen LogP contribution in [0.1, 0.15) is 36.2 Å². The fourth-order valence-electron chi connectivity index (χ4n) is 3.53. The molecular weight excluding hydrogens is 428 g/mol. The molecule has 7 nitrogen and oxygen atoms in total. The van der Waals surface area contributed by atoms with Gasteiger partial charge in [0, 0.05) is 38.9 Å². The van der Waals surface area contributed by atoms with Crippen molar-refractivity contribution in [2.45, 2.75) is 31.6 Å². The lowest BCUT2D eigenvalue weighted by molar-refractivity contribution is 0.0693. The predicted molar refractivity (Wildman–Crippen MR) is 126 cm³/mol. The highest BCUT2D eigenvalue weighted by Crippen LogP contribution is 2.28. The fraction of sp³-hybridized carbons (Fsp3) is 0.458. The molecule has 8 heteroatoms. The van der Waals surface area contributed by atoms with Gasteiger partial charge < -0.3 is 14.4 Å². The van der Waals surface area contributed by atoms with Crippen LogP contribution in [-0.4, -0.2) is 70.5 Å². The topological polar surface area (TPSA) is 76.2 Å². The number of ether oxygens (including phenoxy) is 2. The van der Waals surface area contributed by atoms with Crippen molar-refractivity contribution in [3.63, 3.8) is 0 Å². The van der Waals surface area contributed by atoms with Crippen molar-refractivity contribution in [3.8, 4) is 5.75 Å². The van der Waals surface area contributed by atoms with Crippen molar-refractivity contribution in [1.82, 2.24) is 9.21 Å². The van der Waals surface area contributed by atoms with Crippen LogP contribution in [0.5, 0.6) is 5.75 Å². The largest absolute Gasteiger partial charge is 0.495 e. The zero-order chi connectivity index (χ0) is 23.6. The first-order chi connectivity index (χ1) is 15.4. The number of nitrogens with zero attached hydrogens (tertiary/aromatic N) is 2. The smallest absolute Gasteiger partial charge is 0.253 e. The number of rotatable bonds is 13. The third-order valence-electron chi connectivity index (χ3n) is 5.32. The number of carbonyl (C=O) groups excluding carboxylic acids is 1. The molecule has 0 aliphatic heterocycles. The minimum atomic E-state index is -3.78. The van der Waals surface area contributed by atoms with Gasteiger partial charge in [0.25, 0.3) is 5.91 Å².